The van der Waals surface area contributed by atoms with Crippen LogP contribution in [-0.2, 0) is 0 Å². The SMILES string of the molecule is O=[N+]([O-])[C@@H]1[C@H]2CC[C@H](C2)[C@@H]1Cl. The Kier molecular flexibility index (Phi) is 1.56. The number of fused-ring (bicyclic) bond motifs is 2. The predicted molar refractivity (Wildman–Crippen MR) is 41.3 cm³/mol. The maximum atomic E-state index is 10.5. The Morgan fingerprint density at radius 3 is 2.36 bits per heavy atom. The summed E-state index contributed by atoms with van der Waals surface area (Å²) in [6.07, 6.45) is 3.10. The second-order valence-electron chi connectivity index (χ2n) is 3.55. The lowest BCUT2D eigenvalue weighted by Crippen LogP contribution is -2.35. The first kappa shape index (κ1) is 7.35. The molecule has 4 heteroatoms. The second-order valence-corrected chi connectivity index (χ2v) is 4.06. The van der Waals surface area contributed by atoms with E-state index in [0.29, 0.717) is 5.92 Å². The molecule has 2 aliphatic carbocycles. The van der Waals surface area contributed by atoms with Crippen LogP contribution in [0.25, 0.3) is 0 Å². The Balaban J connectivity index is 2.17. The van der Waals surface area contributed by atoms with Crippen LogP contribution >= 0.6 is 11.6 Å². The summed E-state index contributed by atoms with van der Waals surface area (Å²) in [6, 6.07) is -0.449. The average molecular weight is 176 g/mol. The number of halogens is 1. The van der Waals surface area contributed by atoms with Gasteiger partial charge in [-0.2, -0.15) is 0 Å². The van der Waals surface area contributed by atoms with Crippen LogP contribution in [0, 0.1) is 22.0 Å². The first-order valence-electron chi connectivity index (χ1n) is 3.97. The molecule has 0 aromatic rings. The Bertz CT molecular complexity index is 195. The fraction of sp³-hybridized carbons (Fsp3) is 1.00. The van der Waals surface area contributed by atoms with Gasteiger partial charge in [0.05, 0.1) is 0 Å². The number of nitrogens with zero attached hydrogens (tertiary/aromatic N) is 1. The Labute approximate surface area is 69.9 Å². The molecule has 0 aromatic heterocycles. The minimum atomic E-state index is -0.449. The average Bonchev–Trinajstić information content (AvgIpc) is 2.44. The van der Waals surface area contributed by atoms with Crippen molar-refractivity contribution in [2.24, 2.45) is 11.8 Å². The minimum absolute atomic E-state index is 0.191. The Morgan fingerprint density at radius 1 is 1.36 bits per heavy atom. The lowest BCUT2D eigenvalue weighted by atomic mass is 9.95. The van der Waals surface area contributed by atoms with Crippen LogP contribution in [0.3, 0.4) is 0 Å². The molecule has 2 fully saturated rings. The van der Waals surface area contributed by atoms with Crippen molar-refractivity contribution in [3.05, 3.63) is 10.1 Å². The summed E-state index contributed by atoms with van der Waals surface area (Å²) in [5, 5.41) is 10.3. The highest BCUT2D eigenvalue weighted by atomic mass is 35.5. The monoisotopic (exact) mass is 175 g/mol. The predicted octanol–water partition coefficient (Wildman–Crippen LogP) is 1.67. The molecule has 0 aliphatic heterocycles. The van der Waals surface area contributed by atoms with E-state index in [4.69, 9.17) is 11.6 Å². The van der Waals surface area contributed by atoms with Crippen molar-refractivity contribution in [1.82, 2.24) is 0 Å². The molecule has 2 saturated carbocycles. The quantitative estimate of drug-likeness (QED) is 0.346. The molecule has 0 saturated heterocycles. The summed E-state index contributed by atoms with van der Waals surface area (Å²) in [6.45, 7) is 0. The zero-order chi connectivity index (χ0) is 8.01. The van der Waals surface area contributed by atoms with Gasteiger partial charge in [-0.3, -0.25) is 10.1 Å². The van der Waals surface area contributed by atoms with Gasteiger partial charge in [0.25, 0.3) is 0 Å². The van der Waals surface area contributed by atoms with Gasteiger partial charge in [-0.1, -0.05) is 0 Å². The summed E-state index contributed by atoms with van der Waals surface area (Å²) in [4.78, 5) is 10.3. The van der Waals surface area contributed by atoms with E-state index >= 15 is 0 Å². The summed E-state index contributed by atoms with van der Waals surface area (Å²) in [7, 11) is 0. The van der Waals surface area contributed by atoms with Gasteiger partial charge in [0, 0.05) is 10.8 Å². The summed E-state index contributed by atoms with van der Waals surface area (Å²) < 4.78 is 0. The third-order valence-electron chi connectivity index (χ3n) is 3.02. The maximum absolute atomic E-state index is 10.5. The molecule has 2 rings (SSSR count). The van der Waals surface area contributed by atoms with Gasteiger partial charge < -0.3 is 0 Å². The first-order valence-corrected chi connectivity index (χ1v) is 4.41. The van der Waals surface area contributed by atoms with Crippen LogP contribution in [0.15, 0.2) is 0 Å². The van der Waals surface area contributed by atoms with Crippen LogP contribution in [-0.4, -0.2) is 16.3 Å². The Hall–Kier alpha value is -0.310. The van der Waals surface area contributed by atoms with Crippen LogP contribution in [0.4, 0.5) is 0 Å². The molecule has 4 atom stereocenters. The molecular weight excluding hydrogens is 166 g/mol. The lowest BCUT2D eigenvalue weighted by molar-refractivity contribution is -0.529. The molecule has 62 valence electrons. The second kappa shape index (κ2) is 2.34. The molecule has 2 bridgehead atoms. The van der Waals surface area contributed by atoms with E-state index in [1.807, 2.05) is 0 Å². The fourth-order valence-electron chi connectivity index (χ4n) is 2.48. The van der Waals surface area contributed by atoms with Crippen LogP contribution in [0.2, 0.25) is 0 Å². The van der Waals surface area contributed by atoms with Gasteiger partial charge in [-0.15, -0.1) is 11.6 Å². The van der Waals surface area contributed by atoms with E-state index < -0.39 is 6.04 Å². The molecule has 2 aliphatic rings. The standard InChI is InChI=1S/C7H10ClNO2/c8-6-4-1-2-5(3-4)7(6)9(10)11/h4-7H,1-3H2/t4-,5+,6+,7-/m1/s1. The lowest BCUT2D eigenvalue weighted by Gasteiger charge is -2.18. The highest BCUT2D eigenvalue weighted by molar-refractivity contribution is 6.21. The zero-order valence-electron chi connectivity index (χ0n) is 6.07. The van der Waals surface area contributed by atoms with E-state index in [1.165, 1.54) is 0 Å². The van der Waals surface area contributed by atoms with Gasteiger partial charge in [0.15, 0.2) is 0 Å². The number of hydrogen-bond donors (Lipinski definition) is 0. The van der Waals surface area contributed by atoms with Gasteiger partial charge >= 0.3 is 0 Å². The van der Waals surface area contributed by atoms with E-state index in [1.54, 1.807) is 0 Å². The zero-order valence-corrected chi connectivity index (χ0v) is 6.83. The third-order valence-corrected chi connectivity index (χ3v) is 3.63. The van der Waals surface area contributed by atoms with Crippen LogP contribution in [0.5, 0.6) is 0 Å². The smallest absolute Gasteiger partial charge is 0.232 e. The number of nitro groups is 1. The van der Waals surface area contributed by atoms with E-state index in [-0.39, 0.29) is 16.2 Å². The van der Waals surface area contributed by atoms with Crippen molar-refractivity contribution in [3.8, 4) is 0 Å². The van der Waals surface area contributed by atoms with Crippen LogP contribution < -0.4 is 0 Å². The maximum Gasteiger partial charge on any atom is 0.232 e. The summed E-state index contributed by atoms with van der Waals surface area (Å²) in [5.41, 5.74) is 0. The Morgan fingerprint density at radius 2 is 2.00 bits per heavy atom. The van der Waals surface area contributed by atoms with Crippen molar-refractivity contribution in [1.29, 1.82) is 0 Å². The van der Waals surface area contributed by atoms with Crippen molar-refractivity contribution in [2.75, 3.05) is 0 Å². The highest BCUT2D eigenvalue weighted by Crippen LogP contribution is 2.48. The molecule has 3 nitrogen and oxygen atoms in total. The largest absolute Gasteiger partial charge is 0.264 e. The van der Waals surface area contributed by atoms with Crippen molar-refractivity contribution in [2.45, 2.75) is 30.7 Å². The number of alkyl halides is 1. The first-order chi connectivity index (χ1) is 5.20. The van der Waals surface area contributed by atoms with Crippen molar-refractivity contribution < 1.29 is 4.92 Å². The van der Waals surface area contributed by atoms with Gasteiger partial charge in [-0.05, 0) is 25.2 Å². The summed E-state index contributed by atoms with van der Waals surface area (Å²) >= 11 is 5.93. The molecule has 0 unspecified atom stereocenters. The number of rotatable bonds is 1. The molecule has 0 spiro atoms. The topological polar surface area (TPSA) is 43.1 Å². The molecular formula is C7H10ClNO2. The van der Waals surface area contributed by atoms with Crippen molar-refractivity contribution in [3.63, 3.8) is 0 Å². The number of hydrogen-bond acceptors (Lipinski definition) is 2. The van der Waals surface area contributed by atoms with Crippen LogP contribution in [0.1, 0.15) is 19.3 Å². The van der Waals surface area contributed by atoms with Gasteiger partial charge in [0.2, 0.25) is 6.04 Å². The third kappa shape index (κ3) is 0.940. The van der Waals surface area contributed by atoms with E-state index in [9.17, 15) is 10.1 Å². The fourth-order valence-corrected chi connectivity index (χ4v) is 3.01. The summed E-state index contributed by atoms with van der Waals surface area (Å²) in [5.74, 6) is 0.703. The van der Waals surface area contributed by atoms with E-state index in [2.05, 4.69) is 0 Å². The normalized spacial score (nSPS) is 48.1. The van der Waals surface area contributed by atoms with Gasteiger partial charge in [-0.25, -0.2) is 0 Å². The highest BCUT2D eigenvalue weighted by Gasteiger charge is 2.53. The van der Waals surface area contributed by atoms with Gasteiger partial charge in [0.1, 0.15) is 5.38 Å². The minimum Gasteiger partial charge on any atom is -0.264 e. The molecule has 0 amide bonds. The molecule has 0 heterocycles. The molecule has 11 heavy (non-hydrogen) atoms. The van der Waals surface area contributed by atoms with Crippen molar-refractivity contribution >= 4 is 11.6 Å². The molecule has 0 N–H and O–H groups in total. The molecule has 0 aromatic carbocycles. The molecule has 0 radical (unpaired) electrons. The van der Waals surface area contributed by atoms with E-state index in [0.717, 1.165) is 19.3 Å².